The molecule has 0 saturated carbocycles. The van der Waals surface area contributed by atoms with E-state index < -0.39 is 29.0 Å². The molecule has 0 aliphatic carbocycles. The molecule has 2 atom stereocenters. The number of carbonyl (C=O) groups is 2. The van der Waals surface area contributed by atoms with E-state index in [4.69, 9.17) is 5.73 Å². The Morgan fingerprint density at radius 3 is 2.84 bits per heavy atom. The summed E-state index contributed by atoms with van der Waals surface area (Å²) in [6, 6.07) is -0.681. The van der Waals surface area contributed by atoms with Crippen molar-refractivity contribution in [2.45, 2.75) is 30.0 Å². The lowest BCUT2D eigenvalue weighted by atomic mass is 10.0. The summed E-state index contributed by atoms with van der Waals surface area (Å²) < 4.78 is 1.04. The van der Waals surface area contributed by atoms with Crippen LogP contribution in [0.1, 0.15) is 6.92 Å². The van der Waals surface area contributed by atoms with Gasteiger partial charge in [0, 0.05) is 18.1 Å². The molecule has 1 saturated heterocycles. The third kappa shape index (κ3) is 3.00. The van der Waals surface area contributed by atoms with Gasteiger partial charge >= 0.3 is 17.1 Å². The van der Waals surface area contributed by atoms with E-state index in [1.807, 2.05) is 0 Å². The zero-order valence-corrected chi connectivity index (χ0v) is 14.7. The van der Waals surface area contributed by atoms with Gasteiger partial charge in [-0.3, -0.25) is 24.3 Å². The minimum atomic E-state index is -1.19. The number of nitrogens with two attached hydrogens (primary N) is 1. The molecular weight excluding hydrogens is 370 g/mol. The molecule has 3 heterocycles. The lowest BCUT2D eigenvalue weighted by molar-refractivity contribution is -0.147. The normalized spacial score (nSPS) is 22.6. The fourth-order valence-corrected chi connectivity index (χ4v) is 4.87. The van der Waals surface area contributed by atoms with E-state index in [2.05, 4.69) is 10.1 Å². The Balaban J connectivity index is 1.86. The first-order chi connectivity index (χ1) is 11.8. The van der Waals surface area contributed by atoms with Crippen LogP contribution in [-0.2, 0) is 16.1 Å². The van der Waals surface area contributed by atoms with Gasteiger partial charge in [0.05, 0.1) is 0 Å². The number of hydrogen-bond donors (Lipinski definition) is 3. The van der Waals surface area contributed by atoms with Gasteiger partial charge in [-0.1, -0.05) is 11.8 Å². The van der Waals surface area contributed by atoms with E-state index >= 15 is 0 Å². The zero-order valence-electron chi connectivity index (χ0n) is 13.1. The highest BCUT2D eigenvalue weighted by molar-refractivity contribution is 8.01. The average Bonchev–Trinajstić information content (AvgIpc) is 2.60. The van der Waals surface area contributed by atoms with Crippen molar-refractivity contribution in [2.75, 3.05) is 11.5 Å². The topological polar surface area (TPSA) is 151 Å². The Morgan fingerprint density at radius 2 is 2.20 bits per heavy atom. The fourth-order valence-electron chi connectivity index (χ4n) is 2.57. The van der Waals surface area contributed by atoms with Crippen LogP contribution in [0, 0.1) is 0 Å². The molecular formula is C13H15N5O5S2. The van der Waals surface area contributed by atoms with Gasteiger partial charge in [-0.05, 0) is 12.5 Å². The van der Waals surface area contributed by atoms with Gasteiger partial charge in [-0.15, -0.1) is 16.9 Å². The van der Waals surface area contributed by atoms with E-state index in [-0.39, 0.29) is 28.5 Å². The molecule has 2 aliphatic rings. The summed E-state index contributed by atoms with van der Waals surface area (Å²) in [5.41, 5.74) is 4.65. The maximum Gasteiger partial charge on any atom is 0.352 e. The number of carboxylic acids is 1. The number of aliphatic carboxylic acids is 1. The Hall–Kier alpha value is -2.05. The minimum Gasteiger partial charge on any atom is -0.477 e. The summed E-state index contributed by atoms with van der Waals surface area (Å²) in [5, 5.41) is 13.3. The summed E-state index contributed by atoms with van der Waals surface area (Å²) in [7, 11) is 0. The van der Waals surface area contributed by atoms with Crippen molar-refractivity contribution in [3.05, 3.63) is 32.0 Å². The van der Waals surface area contributed by atoms with Crippen LogP contribution < -0.4 is 16.9 Å². The molecule has 0 radical (unpaired) electrons. The van der Waals surface area contributed by atoms with Crippen molar-refractivity contribution < 1.29 is 14.7 Å². The molecule has 0 aromatic carbocycles. The fraction of sp³-hybridized carbons (Fsp3) is 0.462. The largest absolute Gasteiger partial charge is 0.477 e. The van der Waals surface area contributed by atoms with Gasteiger partial charge in [0.25, 0.3) is 0 Å². The number of hydrogen-bond acceptors (Lipinski definition) is 8. The molecule has 1 fully saturated rings. The van der Waals surface area contributed by atoms with Crippen LogP contribution in [0.15, 0.2) is 26.0 Å². The number of β-lactam (4-membered cyclic amide) rings is 1. The van der Waals surface area contributed by atoms with Crippen LogP contribution in [0.3, 0.4) is 0 Å². The first-order valence-electron chi connectivity index (χ1n) is 7.35. The second kappa shape index (κ2) is 6.69. The van der Waals surface area contributed by atoms with E-state index in [0.717, 1.165) is 16.4 Å². The van der Waals surface area contributed by atoms with Crippen LogP contribution in [0.2, 0.25) is 0 Å². The molecule has 2 aliphatic heterocycles. The summed E-state index contributed by atoms with van der Waals surface area (Å²) >= 11 is 2.50. The van der Waals surface area contributed by atoms with Crippen molar-refractivity contribution in [2.24, 2.45) is 5.73 Å². The number of aryl methyl sites for hydroxylation is 1. The predicted octanol–water partition coefficient (Wildman–Crippen LogP) is -1.38. The Bertz CT molecular complexity index is 892. The third-order valence-corrected chi connectivity index (χ3v) is 6.14. The van der Waals surface area contributed by atoms with Gasteiger partial charge < -0.3 is 10.8 Å². The highest BCUT2D eigenvalue weighted by Gasteiger charge is 2.51. The van der Waals surface area contributed by atoms with Crippen molar-refractivity contribution >= 4 is 35.4 Å². The van der Waals surface area contributed by atoms with Crippen molar-refractivity contribution in [1.82, 2.24) is 19.7 Å². The number of thioether (sulfide) groups is 2. The lowest BCUT2D eigenvalue weighted by Crippen LogP contribution is -2.68. The van der Waals surface area contributed by atoms with Crippen molar-refractivity contribution in [1.29, 1.82) is 0 Å². The summed E-state index contributed by atoms with van der Waals surface area (Å²) in [4.78, 5) is 50.2. The Labute approximate surface area is 149 Å². The van der Waals surface area contributed by atoms with Gasteiger partial charge in [0.1, 0.15) is 17.1 Å². The van der Waals surface area contributed by atoms with E-state index in [1.165, 1.54) is 16.7 Å². The average molecular weight is 385 g/mol. The predicted molar refractivity (Wildman–Crippen MR) is 91.2 cm³/mol. The summed E-state index contributed by atoms with van der Waals surface area (Å²) in [6.45, 7) is 1.93. The lowest BCUT2D eigenvalue weighted by Gasteiger charge is -2.48. The number of carboxylic acid groups (broad SMARTS) is 1. The number of aromatic amines is 1. The quantitative estimate of drug-likeness (QED) is 0.316. The number of rotatable bonds is 5. The first-order valence-corrected chi connectivity index (χ1v) is 9.38. The molecule has 25 heavy (non-hydrogen) atoms. The van der Waals surface area contributed by atoms with Crippen LogP contribution >= 0.6 is 23.5 Å². The molecule has 4 N–H and O–H groups in total. The Morgan fingerprint density at radius 1 is 1.48 bits per heavy atom. The summed E-state index contributed by atoms with van der Waals surface area (Å²) in [5.74, 6) is -0.982. The molecule has 0 bridgehead atoms. The number of H-pyrrole nitrogens is 1. The molecule has 12 heteroatoms. The van der Waals surface area contributed by atoms with Crippen LogP contribution in [-0.4, -0.2) is 59.6 Å². The molecule has 1 unspecified atom stereocenters. The number of nitrogens with zero attached hydrogens (tertiary/aromatic N) is 3. The van der Waals surface area contributed by atoms with Crippen LogP contribution in [0.4, 0.5) is 0 Å². The minimum absolute atomic E-state index is 0.0610. The maximum absolute atomic E-state index is 11.9. The number of aromatic nitrogens is 3. The second-order valence-electron chi connectivity index (χ2n) is 5.36. The van der Waals surface area contributed by atoms with E-state index in [0.29, 0.717) is 11.3 Å². The first kappa shape index (κ1) is 17.8. The maximum atomic E-state index is 11.9. The highest BCUT2D eigenvalue weighted by atomic mass is 32.2. The molecule has 10 nitrogen and oxygen atoms in total. The molecule has 1 aromatic heterocycles. The summed E-state index contributed by atoms with van der Waals surface area (Å²) in [6.07, 6.45) is 0. The smallest absolute Gasteiger partial charge is 0.352 e. The Kier molecular flexibility index (Phi) is 4.75. The number of fused-ring (bicyclic) bond motifs is 1. The van der Waals surface area contributed by atoms with Gasteiger partial charge in [-0.25, -0.2) is 9.48 Å². The molecule has 1 amide bonds. The monoisotopic (exact) mass is 385 g/mol. The molecule has 0 spiro atoms. The number of amides is 1. The molecule has 3 rings (SSSR count). The molecule has 1 aromatic rings. The van der Waals surface area contributed by atoms with Gasteiger partial charge in [0.15, 0.2) is 5.16 Å². The number of nitrogens with one attached hydrogen (secondary N) is 1. The van der Waals surface area contributed by atoms with Crippen molar-refractivity contribution in [3.8, 4) is 0 Å². The number of carbonyl (C=O) groups excluding carboxylic acids is 1. The standard InChI is InChI=1S/C13H15N5O5S2/c1-2-17-10(21)8(19)15-13(16-17)25-4-5-3-24-11-6(14)9(20)18(11)7(5)12(22)23/h6,11H,2-4,14H2,1H3,(H,22,23)(H,15,16,19)/t6?,11-/m1/s1. The zero-order chi connectivity index (χ0) is 18.3. The van der Waals surface area contributed by atoms with Crippen LogP contribution in [0.5, 0.6) is 0 Å². The highest BCUT2D eigenvalue weighted by Crippen LogP contribution is 2.40. The van der Waals surface area contributed by atoms with Crippen LogP contribution in [0.25, 0.3) is 0 Å². The van der Waals surface area contributed by atoms with Gasteiger partial charge in [0.2, 0.25) is 5.91 Å². The third-order valence-electron chi connectivity index (χ3n) is 3.83. The second-order valence-corrected chi connectivity index (χ2v) is 7.43. The SMILES string of the molecule is CCn1nc(SCC2=C(C(=O)O)N3C(=O)C(N)[C@H]3SC2)[nH]c(=O)c1=O. The van der Waals surface area contributed by atoms with E-state index in [1.54, 1.807) is 6.92 Å². The van der Waals surface area contributed by atoms with E-state index in [9.17, 15) is 24.3 Å². The van der Waals surface area contributed by atoms with Gasteiger partial charge in [-0.2, -0.15) is 0 Å². The van der Waals surface area contributed by atoms with Crippen molar-refractivity contribution in [3.63, 3.8) is 0 Å². The molecule has 134 valence electrons.